The van der Waals surface area contributed by atoms with Gasteiger partial charge < -0.3 is 4.74 Å². The first-order chi connectivity index (χ1) is 15.1. The van der Waals surface area contributed by atoms with Gasteiger partial charge in [-0.2, -0.15) is 0 Å². The highest BCUT2D eigenvalue weighted by Gasteiger charge is 2.25. The van der Waals surface area contributed by atoms with E-state index in [-0.39, 0.29) is 15.5 Å². The van der Waals surface area contributed by atoms with Crippen molar-refractivity contribution in [3.05, 3.63) is 94.5 Å². The monoisotopic (exact) mass is 479 g/mol. The Hall–Kier alpha value is -3.30. The van der Waals surface area contributed by atoms with Crippen LogP contribution in [0.3, 0.4) is 0 Å². The molecule has 0 fully saturated rings. The molecule has 0 heterocycles. The van der Waals surface area contributed by atoms with Crippen molar-refractivity contribution in [2.75, 3.05) is 18.0 Å². The smallest absolute Gasteiger partial charge is 0.340 e. The van der Waals surface area contributed by atoms with Gasteiger partial charge >= 0.3 is 5.97 Å². The van der Waals surface area contributed by atoms with Crippen LogP contribution in [0.5, 0.6) is 0 Å². The average Bonchev–Trinajstić information content (AvgIpc) is 2.79. The first kappa shape index (κ1) is 23.4. The van der Waals surface area contributed by atoms with Crippen LogP contribution in [0, 0.1) is 11.6 Å². The summed E-state index contributed by atoms with van der Waals surface area (Å²) in [5.41, 5.74) is -0.485. The number of carbonyl (C=O) groups is 2. The summed E-state index contributed by atoms with van der Waals surface area (Å²) >= 11 is 6.01. The number of Topliss-reactive ketones (excluding diaryl/α,β-unsaturated/α-hetero) is 1. The maximum atomic E-state index is 13.7. The standard InChI is InChI=1S/C22H16ClF2NO5S/c1-26(15-5-3-2-4-6-15)32(29,30)16-8-9-19(23)17(12-16)22(28)31-13-21(27)18-11-14(24)7-10-20(18)25/h2-12H,13H2,1H3. The summed E-state index contributed by atoms with van der Waals surface area (Å²) in [6.45, 7) is -0.892. The summed E-state index contributed by atoms with van der Waals surface area (Å²) in [6, 6.07) is 14.0. The Morgan fingerprint density at radius 2 is 1.66 bits per heavy atom. The summed E-state index contributed by atoms with van der Waals surface area (Å²) < 4.78 is 58.7. The van der Waals surface area contributed by atoms with Gasteiger partial charge in [0.05, 0.1) is 26.7 Å². The van der Waals surface area contributed by atoms with Crippen LogP contribution in [-0.2, 0) is 14.8 Å². The van der Waals surface area contributed by atoms with Crippen LogP contribution in [0.4, 0.5) is 14.5 Å². The van der Waals surface area contributed by atoms with E-state index in [4.69, 9.17) is 16.3 Å². The fourth-order valence-corrected chi connectivity index (χ4v) is 4.17. The molecule has 0 bridgehead atoms. The van der Waals surface area contributed by atoms with Gasteiger partial charge in [0.1, 0.15) is 11.6 Å². The van der Waals surface area contributed by atoms with Gasteiger partial charge in [-0.1, -0.05) is 29.8 Å². The number of ether oxygens (including phenoxy) is 1. The van der Waals surface area contributed by atoms with Crippen molar-refractivity contribution in [3.8, 4) is 0 Å². The SMILES string of the molecule is CN(c1ccccc1)S(=O)(=O)c1ccc(Cl)c(C(=O)OCC(=O)c2cc(F)ccc2F)c1. The van der Waals surface area contributed by atoms with Crippen LogP contribution in [0.2, 0.25) is 5.02 Å². The number of nitrogens with zero attached hydrogens (tertiary/aromatic N) is 1. The number of sulfonamides is 1. The van der Waals surface area contributed by atoms with E-state index in [0.717, 1.165) is 22.5 Å². The highest BCUT2D eigenvalue weighted by atomic mass is 35.5. The van der Waals surface area contributed by atoms with Gasteiger partial charge in [-0.25, -0.2) is 22.0 Å². The zero-order valence-electron chi connectivity index (χ0n) is 16.6. The zero-order chi connectivity index (χ0) is 23.5. The minimum atomic E-state index is -4.04. The van der Waals surface area contributed by atoms with Crippen LogP contribution < -0.4 is 4.31 Å². The molecule has 3 aromatic rings. The van der Waals surface area contributed by atoms with Crippen LogP contribution in [0.1, 0.15) is 20.7 Å². The van der Waals surface area contributed by atoms with E-state index in [2.05, 4.69) is 0 Å². The minimum Gasteiger partial charge on any atom is -0.454 e. The Morgan fingerprint density at radius 3 is 2.34 bits per heavy atom. The van der Waals surface area contributed by atoms with Gasteiger partial charge in [-0.3, -0.25) is 9.10 Å². The third kappa shape index (κ3) is 4.95. The van der Waals surface area contributed by atoms with E-state index >= 15 is 0 Å². The van der Waals surface area contributed by atoms with Crippen molar-refractivity contribution in [2.45, 2.75) is 4.90 Å². The second-order valence-corrected chi connectivity index (χ2v) is 8.95. The van der Waals surface area contributed by atoms with Gasteiger partial charge in [0, 0.05) is 7.05 Å². The number of hydrogen-bond acceptors (Lipinski definition) is 5. The van der Waals surface area contributed by atoms with E-state index in [1.54, 1.807) is 30.3 Å². The predicted molar refractivity (Wildman–Crippen MR) is 114 cm³/mol. The molecule has 0 aliphatic heterocycles. The van der Waals surface area contributed by atoms with E-state index in [0.29, 0.717) is 11.8 Å². The second-order valence-electron chi connectivity index (χ2n) is 6.57. The van der Waals surface area contributed by atoms with E-state index < -0.39 is 45.6 Å². The van der Waals surface area contributed by atoms with Gasteiger partial charge in [-0.05, 0) is 48.5 Å². The third-order valence-electron chi connectivity index (χ3n) is 4.50. The number of rotatable bonds is 7. The van der Waals surface area contributed by atoms with Crippen molar-refractivity contribution in [3.63, 3.8) is 0 Å². The molecule has 0 N–H and O–H groups in total. The molecule has 0 amide bonds. The minimum absolute atomic E-state index is 0.110. The number of para-hydroxylation sites is 1. The van der Waals surface area contributed by atoms with Crippen molar-refractivity contribution < 1.29 is 31.5 Å². The topological polar surface area (TPSA) is 80.8 Å². The maximum absolute atomic E-state index is 13.7. The first-order valence-corrected chi connectivity index (χ1v) is 10.9. The Morgan fingerprint density at radius 1 is 0.969 bits per heavy atom. The summed E-state index contributed by atoms with van der Waals surface area (Å²) in [7, 11) is -2.69. The Balaban J connectivity index is 1.81. The molecule has 10 heteroatoms. The number of hydrogen-bond donors (Lipinski definition) is 0. The third-order valence-corrected chi connectivity index (χ3v) is 6.61. The number of carbonyl (C=O) groups excluding carboxylic acids is 2. The quantitative estimate of drug-likeness (QED) is 0.368. The molecule has 32 heavy (non-hydrogen) atoms. The molecule has 0 saturated carbocycles. The number of halogens is 3. The molecule has 3 aromatic carbocycles. The number of benzene rings is 3. The molecule has 3 rings (SSSR count). The molecule has 166 valence electrons. The van der Waals surface area contributed by atoms with E-state index in [1.165, 1.54) is 19.2 Å². The lowest BCUT2D eigenvalue weighted by Gasteiger charge is -2.20. The molecule has 0 aliphatic carbocycles. The predicted octanol–water partition coefficient (Wildman–Crippen LogP) is 4.48. The summed E-state index contributed by atoms with van der Waals surface area (Å²) in [4.78, 5) is 24.3. The fourth-order valence-electron chi connectivity index (χ4n) is 2.75. The van der Waals surface area contributed by atoms with Crippen molar-refractivity contribution in [2.24, 2.45) is 0 Å². The van der Waals surface area contributed by atoms with Crippen LogP contribution in [0.25, 0.3) is 0 Å². The molecule has 0 aromatic heterocycles. The molecule has 6 nitrogen and oxygen atoms in total. The highest BCUT2D eigenvalue weighted by Crippen LogP contribution is 2.26. The lowest BCUT2D eigenvalue weighted by Crippen LogP contribution is -2.26. The highest BCUT2D eigenvalue weighted by molar-refractivity contribution is 7.92. The number of ketones is 1. The molecular formula is C22H16ClF2NO5S. The van der Waals surface area contributed by atoms with Crippen molar-refractivity contribution in [1.82, 2.24) is 0 Å². The molecule has 0 atom stereocenters. The van der Waals surface area contributed by atoms with Gasteiger partial charge in [0.15, 0.2) is 6.61 Å². The maximum Gasteiger partial charge on any atom is 0.340 e. The van der Waals surface area contributed by atoms with Crippen LogP contribution >= 0.6 is 11.6 Å². The van der Waals surface area contributed by atoms with Crippen molar-refractivity contribution in [1.29, 1.82) is 0 Å². The Kier molecular flexibility index (Phi) is 6.90. The zero-order valence-corrected chi connectivity index (χ0v) is 18.2. The van der Waals surface area contributed by atoms with E-state index in [9.17, 15) is 26.8 Å². The lowest BCUT2D eigenvalue weighted by atomic mass is 10.1. The molecule has 0 saturated heterocycles. The normalized spacial score (nSPS) is 11.1. The number of anilines is 1. The van der Waals surface area contributed by atoms with Crippen LogP contribution in [0.15, 0.2) is 71.6 Å². The molecule has 0 spiro atoms. The Bertz CT molecular complexity index is 1280. The average molecular weight is 480 g/mol. The lowest BCUT2D eigenvalue weighted by molar-refractivity contribution is 0.0473. The summed E-state index contributed by atoms with van der Waals surface area (Å²) in [5.74, 6) is -3.87. The van der Waals surface area contributed by atoms with Crippen LogP contribution in [-0.4, -0.2) is 33.8 Å². The largest absolute Gasteiger partial charge is 0.454 e. The summed E-state index contributed by atoms with van der Waals surface area (Å²) in [5, 5.41) is -0.110. The first-order valence-electron chi connectivity index (χ1n) is 9.10. The van der Waals surface area contributed by atoms with Gasteiger partial charge in [0.2, 0.25) is 5.78 Å². The molecular weight excluding hydrogens is 464 g/mol. The second kappa shape index (κ2) is 9.46. The molecule has 0 aliphatic rings. The van der Waals surface area contributed by atoms with Crippen molar-refractivity contribution >= 4 is 39.1 Å². The molecule has 0 unspecified atom stereocenters. The summed E-state index contributed by atoms with van der Waals surface area (Å²) in [6.07, 6.45) is 0. The van der Waals surface area contributed by atoms with Gasteiger partial charge in [0.25, 0.3) is 10.0 Å². The fraction of sp³-hybridized carbons (Fsp3) is 0.0909. The number of esters is 1. The molecule has 0 radical (unpaired) electrons. The Labute approximate surface area is 188 Å². The van der Waals surface area contributed by atoms with Gasteiger partial charge in [-0.15, -0.1) is 0 Å². The van der Waals surface area contributed by atoms with E-state index in [1.807, 2.05) is 0 Å².